The van der Waals surface area contributed by atoms with Crippen molar-refractivity contribution in [2.24, 2.45) is 0 Å². The second kappa shape index (κ2) is 6.79. The fourth-order valence-electron chi connectivity index (χ4n) is 1.21. The number of non-ortho nitro benzene ring substituents is 1. The maximum absolute atomic E-state index is 10.4. The molecule has 0 bridgehead atoms. The molecular weight excluding hydrogens is 208 g/mol. The van der Waals surface area contributed by atoms with Crippen LogP contribution in [0.4, 0.5) is 5.69 Å². The number of hydrogen-bond donors (Lipinski definition) is 1. The van der Waals surface area contributed by atoms with Gasteiger partial charge in [-0.1, -0.05) is 6.92 Å². The molecule has 5 heteroatoms. The quantitative estimate of drug-likeness (QED) is 0.437. The van der Waals surface area contributed by atoms with Gasteiger partial charge < -0.3 is 10.1 Å². The number of rotatable bonds is 7. The van der Waals surface area contributed by atoms with Gasteiger partial charge in [-0.25, -0.2) is 0 Å². The topological polar surface area (TPSA) is 64.4 Å². The summed E-state index contributed by atoms with van der Waals surface area (Å²) in [5.41, 5.74) is 0.0801. The monoisotopic (exact) mass is 224 g/mol. The molecule has 5 nitrogen and oxygen atoms in total. The molecule has 0 aromatic heterocycles. The molecule has 0 fully saturated rings. The van der Waals surface area contributed by atoms with Crippen molar-refractivity contribution in [3.63, 3.8) is 0 Å². The molecule has 88 valence electrons. The van der Waals surface area contributed by atoms with Gasteiger partial charge in [-0.2, -0.15) is 0 Å². The molecule has 1 aromatic carbocycles. The smallest absolute Gasteiger partial charge is 0.269 e. The summed E-state index contributed by atoms with van der Waals surface area (Å²) in [6.07, 6.45) is 1.09. The van der Waals surface area contributed by atoms with Crippen LogP contribution in [0.15, 0.2) is 24.3 Å². The first-order chi connectivity index (χ1) is 7.74. The Kier molecular flexibility index (Phi) is 5.28. The van der Waals surface area contributed by atoms with Crippen molar-refractivity contribution in [3.8, 4) is 5.75 Å². The fraction of sp³-hybridized carbons (Fsp3) is 0.455. The van der Waals surface area contributed by atoms with Crippen LogP contribution >= 0.6 is 0 Å². The molecule has 0 saturated carbocycles. The van der Waals surface area contributed by atoms with Crippen molar-refractivity contribution >= 4 is 5.69 Å². The van der Waals surface area contributed by atoms with Crippen molar-refractivity contribution in [1.82, 2.24) is 5.32 Å². The Morgan fingerprint density at radius 1 is 1.31 bits per heavy atom. The van der Waals surface area contributed by atoms with Crippen molar-refractivity contribution < 1.29 is 9.66 Å². The molecule has 0 aliphatic heterocycles. The van der Waals surface area contributed by atoms with Gasteiger partial charge >= 0.3 is 0 Å². The third-order valence-corrected chi connectivity index (χ3v) is 2.02. The van der Waals surface area contributed by atoms with Gasteiger partial charge in [0.05, 0.1) is 4.92 Å². The molecule has 0 saturated heterocycles. The van der Waals surface area contributed by atoms with E-state index in [1.807, 2.05) is 0 Å². The number of ether oxygens (including phenoxy) is 1. The average molecular weight is 224 g/mol. The number of nitro benzene ring substituents is 1. The highest BCUT2D eigenvalue weighted by Gasteiger charge is 2.03. The standard InChI is InChI=1S/C11H16N2O3/c1-2-7-12-8-9-16-11-5-3-10(4-6-11)13(14)15/h3-6,12H,2,7-9H2,1H3. The van der Waals surface area contributed by atoms with E-state index < -0.39 is 4.92 Å². The van der Waals surface area contributed by atoms with Gasteiger partial charge in [-0.15, -0.1) is 0 Å². The minimum atomic E-state index is -0.424. The molecular formula is C11H16N2O3. The van der Waals surface area contributed by atoms with Crippen LogP contribution in [0.5, 0.6) is 5.75 Å². The highest BCUT2D eigenvalue weighted by atomic mass is 16.6. The van der Waals surface area contributed by atoms with Crippen molar-refractivity contribution in [2.45, 2.75) is 13.3 Å². The van der Waals surface area contributed by atoms with Crippen LogP contribution in [-0.2, 0) is 0 Å². The highest BCUT2D eigenvalue weighted by Crippen LogP contribution is 2.16. The van der Waals surface area contributed by atoms with E-state index in [1.165, 1.54) is 12.1 Å². The Morgan fingerprint density at radius 2 is 2.00 bits per heavy atom. The first-order valence-electron chi connectivity index (χ1n) is 5.32. The third-order valence-electron chi connectivity index (χ3n) is 2.02. The van der Waals surface area contributed by atoms with Gasteiger partial charge in [0.2, 0.25) is 0 Å². The molecule has 16 heavy (non-hydrogen) atoms. The summed E-state index contributed by atoms with van der Waals surface area (Å²) < 4.78 is 5.40. The van der Waals surface area contributed by atoms with Crippen molar-refractivity contribution in [3.05, 3.63) is 34.4 Å². The molecule has 0 heterocycles. The molecule has 0 aliphatic rings. The number of nitrogens with one attached hydrogen (secondary N) is 1. The van der Waals surface area contributed by atoms with Crippen molar-refractivity contribution in [2.75, 3.05) is 19.7 Å². The van der Waals surface area contributed by atoms with Crippen LogP contribution < -0.4 is 10.1 Å². The van der Waals surface area contributed by atoms with Gasteiger partial charge in [-0.3, -0.25) is 10.1 Å². The van der Waals surface area contributed by atoms with Gasteiger partial charge in [0.15, 0.2) is 0 Å². The lowest BCUT2D eigenvalue weighted by Gasteiger charge is -2.06. The second-order valence-electron chi connectivity index (χ2n) is 3.35. The highest BCUT2D eigenvalue weighted by molar-refractivity contribution is 5.35. The predicted octanol–water partition coefficient (Wildman–Crippen LogP) is 1.97. The molecule has 1 aromatic rings. The normalized spacial score (nSPS) is 10.1. The summed E-state index contributed by atoms with van der Waals surface area (Å²) in [6, 6.07) is 6.10. The SMILES string of the molecule is CCCNCCOc1ccc([N+](=O)[O-])cc1. The number of nitrogens with zero attached hydrogens (tertiary/aromatic N) is 1. The number of hydrogen-bond acceptors (Lipinski definition) is 4. The largest absolute Gasteiger partial charge is 0.492 e. The van der Waals surface area contributed by atoms with Gasteiger partial charge in [0.25, 0.3) is 5.69 Å². The molecule has 0 spiro atoms. The third kappa shape index (κ3) is 4.27. The Bertz CT molecular complexity index is 325. The molecule has 0 radical (unpaired) electrons. The Morgan fingerprint density at radius 3 is 2.56 bits per heavy atom. The van der Waals surface area contributed by atoms with Crippen LogP contribution in [-0.4, -0.2) is 24.6 Å². The first-order valence-corrected chi connectivity index (χ1v) is 5.32. The van der Waals surface area contributed by atoms with E-state index in [2.05, 4.69) is 12.2 Å². The lowest BCUT2D eigenvalue weighted by molar-refractivity contribution is -0.384. The maximum Gasteiger partial charge on any atom is 0.269 e. The molecule has 0 aliphatic carbocycles. The Labute approximate surface area is 94.6 Å². The summed E-state index contributed by atoms with van der Waals surface area (Å²) in [7, 11) is 0. The number of benzene rings is 1. The zero-order valence-corrected chi connectivity index (χ0v) is 9.31. The zero-order valence-electron chi connectivity index (χ0n) is 9.31. The molecule has 1 rings (SSSR count). The Balaban J connectivity index is 2.29. The van der Waals surface area contributed by atoms with Gasteiger partial charge in [-0.05, 0) is 25.1 Å². The zero-order chi connectivity index (χ0) is 11.8. The van der Waals surface area contributed by atoms with Gasteiger partial charge in [0, 0.05) is 18.7 Å². The van der Waals surface area contributed by atoms with Crippen LogP contribution in [0.25, 0.3) is 0 Å². The van der Waals surface area contributed by atoms with E-state index in [1.54, 1.807) is 12.1 Å². The van der Waals surface area contributed by atoms with Crippen LogP contribution in [0.1, 0.15) is 13.3 Å². The molecule has 0 amide bonds. The van der Waals surface area contributed by atoms with E-state index in [4.69, 9.17) is 4.74 Å². The summed E-state index contributed by atoms with van der Waals surface area (Å²) >= 11 is 0. The van der Waals surface area contributed by atoms with E-state index in [9.17, 15) is 10.1 Å². The van der Waals surface area contributed by atoms with E-state index in [0.717, 1.165) is 19.5 Å². The fourth-order valence-corrected chi connectivity index (χ4v) is 1.21. The summed E-state index contributed by atoms with van der Waals surface area (Å²) in [5.74, 6) is 0.656. The maximum atomic E-state index is 10.4. The minimum Gasteiger partial charge on any atom is -0.492 e. The summed E-state index contributed by atoms with van der Waals surface area (Å²) in [5, 5.41) is 13.6. The summed E-state index contributed by atoms with van der Waals surface area (Å²) in [4.78, 5) is 9.98. The van der Waals surface area contributed by atoms with Crippen LogP contribution in [0.2, 0.25) is 0 Å². The molecule has 1 N–H and O–H groups in total. The lowest BCUT2D eigenvalue weighted by Crippen LogP contribution is -2.21. The lowest BCUT2D eigenvalue weighted by atomic mass is 10.3. The van der Waals surface area contributed by atoms with Gasteiger partial charge in [0.1, 0.15) is 12.4 Å². The predicted molar refractivity (Wildman–Crippen MR) is 61.8 cm³/mol. The Hall–Kier alpha value is -1.62. The number of nitro groups is 1. The molecule has 0 unspecified atom stereocenters. The average Bonchev–Trinajstić information content (AvgIpc) is 2.29. The second-order valence-corrected chi connectivity index (χ2v) is 3.35. The minimum absolute atomic E-state index is 0.0801. The van der Waals surface area contributed by atoms with Crippen LogP contribution in [0.3, 0.4) is 0 Å². The van der Waals surface area contributed by atoms with E-state index >= 15 is 0 Å². The van der Waals surface area contributed by atoms with Crippen LogP contribution in [0, 0.1) is 10.1 Å². The van der Waals surface area contributed by atoms with E-state index in [0.29, 0.717) is 12.4 Å². The first kappa shape index (κ1) is 12.4. The van der Waals surface area contributed by atoms with Crippen molar-refractivity contribution in [1.29, 1.82) is 0 Å². The summed E-state index contributed by atoms with van der Waals surface area (Å²) in [6.45, 7) is 4.43. The molecule has 0 atom stereocenters. The van der Waals surface area contributed by atoms with E-state index in [-0.39, 0.29) is 5.69 Å².